The third-order valence-corrected chi connectivity index (χ3v) is 6.32. The number of aryl methyl sites for hydroxylation is 1. The van der Waals surface area contributed by atoms with Gasteiger partial charge in [0, 0.05) is 19.0 Å². The molecule has 0 saturated heterocycles. The van der Waals surface area contributed by atoms with E-state index in [2.05, 4.69) is 11.4 Å². The van der Waals surface area contributed by atoms with Crippen molar-refractivity contribution in [2.24, 2.45) is 0 Å². The zero-order valence-corrected chi connectivity index (χ0v) is 20.1. The predicted molar refractivity (Wildman–Crippen MR) is 132 cm³/mol. The summed E-state index contributed by atoms with van der Waals surface area (Å²) in [6.07, 6.45) is 7.19. The fourth-order valence-electron chi connectivity index (χ4n) is 4.54. The summed E-state index contributed by atoms with van der Waals surface area (Å²) in [6.45, 7) is 4.94. The van der Waals surface area contributed by atoms with E-state index in [-0.39, 0.29) is 17.9 Å². The maximum Gasteiger partial charge on any atom is 0.243 e. The molecule has 0 spiro atoms. The first-order valence-electron chi connectivity index (χ1n) is 12.4. The van der Waals surface area contributed by atoms with Gasteiger partial charge in [0.2, 0.25) is 11.8 Å². The number of hydrogen-bond acceptors (Lipinski definition) is 3. The molecule has 0 bridgehead atoms. The molecular formula is C28H38N2O3. The molecule has 0 aromatic heterocycles. The van der Waals surface area contributed by atoms with Crippen molar-refractivity contribution in [3.63, 3.8) is 0 Å². The van der Waals surface area contributed by atoms with Crippen LogP contribution in [-0.4, -0.2) is 35.4 Å². The van der Waals surface area contributed by atoms with E-state index in [1.54, 1.807) is 4.90 Å². The Labute approximate surface area is 198 Å². The first kappa shape index (κ1) is 24.8. The summed E-state index contributed by atoms with van der Waals surface area (Å²) >= 11 is 0. The quantitative estimate of drug-likeness (QED) is 0.466. The van der Waals surface area contributed by atoms with Crippen LogP contribution in [0.15, 0.2) is 54.6 Å². The summed E-state index contributed by atoms with van der Waals surface area (Å²) in [5.74, 6) is 0.782. The van der Waals surface area contributed by atoms with Crippen LogP contribution < -0.4 is 10.1 Å². The lowest BCUT2D eigenvalue weighted by Gasteiger charge is -2.33. The molecule has 1 atom stereocenters. The van der Waals surface area contributed by atoms with Crippen LogP contribution in [0.25, 0.3) is 0 Å². The SMILES string of the molecule is CC[C@@H](C(=O)NC1CCCCC1)N(Cc1cccc(C)c1)C(=O)CCCOc1ccccc1. The molecule has 1 fully saturated rings. The van der Waals surface area contributed by atoms with Crippen LogP contribution in [0.3, 0.4) is 0 Å². The molecule has 0 unspecified atom stereocenters. The number of carbonyl (C=O) groups excluding carboxylic acids is 2. The van der Waals surface area contributed by atoms with Crippen molar-refractivity contribution >= 4 is 11.8 Å². The predicted octanol–water partition coefficient (Wildman–Crippen LogP) is 5.41. The van der Waals surface area contributed by atoms with Crippen LogP contribution in [0.5, 0.6) is 5.75 Å². The third kappa shape index (κ3) is 7.92. The molecule has 3 rings (SSSR count). The van der Waals surface area contributed by atoms with Crippen molar-refractivity contribution < 1.29 is 14.3 Å². The number of amides is 2. The molecule has 0 aliphatic heterocycles. The van der Waals surface area contributed by atoms with Crippen LogP contribution in [0.2, 0.25) is 0 Å². The number of nitrogens with one attached hydrogen (secondary N) is 1. The van der Waals surface area contributed by atoms with Gasteiger partial charge in [-0.05, 0) is 50.3 Å². The van der Waals surface area contributed by atoms with E-state index in [1.165, 1.54) is 6.42 Å². The van der Waals surface area contributed by atoms with Gasteiger partial charge < -0.3 is 15.0 Å². The van der Waals surface area contributed by atoms with Crippen LogP contribution >= 0.6 is 0 Å². The lowest BCUT2D eigenvalue weighted by atomic mass is 9.95. The average Bonchev–Trinajstić information content (AvgIpc) is 2.83. The van der Waals surface area contributed by atoms with Gasteiger partial charge >= 0.3 is 0 Å². The molecule has 2 aromatic rings. The fraction of sp³-hybridized carbons (Fsp3) is 0.500. The maximum absolute atomic E-state index is 13.3. The molecule has 2 amide bonds. The van der Waals surface area contributed by atoms with Crippen LogP contribution in [0.4, 0.5) is 0 Å². The average molecular weight is 451 g/mol. The van der Waals surface area contributed by atoms with E-state index in [0.717, 1.165) is 42.6 Å². The fourth-order valence-corrected chi connectivity index (χ4v) is 4.54. The Balaban J connectivity index is 1.65. The highest BCUT2D eigenvalue weighted by Gasteiger charge is 2.30. The van der Waals surface area contributed by atoms with E-state index in [1.807, 2.05) is 62.4 Å². The Morgan fingerprint density at radius 1 is 1.06 bits per heavy atom. The van der Waals surface area contributed by atoms with E-state index in [9.17, 15) is 9.59 Å². The Hall–Kier alpha value is -2.82. The Kier molecular flexibility index (Phi) is 9.79. The van der Waals surface area contributed by atoms with Crippen LogP contribution in [0, 0.1) is 6.92 Å². The zero-order valence-electron chi connectivity index (χ0n) is 20.1. The molecular weight excluding hydrogens is 412 g/mol. The van der Waals surface area contributed by atoms with E-state index in [4.69, 9.17) is 4.74 Å². The number of rotatable bonds is 11. The molecule has 33 heavy (non-hydrogen) atoms. The molecule has 1 aliphatic rings. The minimum Gasteiger partial charge on any atom is -0.494 e. The first-order valence-corrected chi connectivity index (χ1v) is 12.4. The second kappa shape index (κ2) is 13.0. The molecule has 2 aromatic carbocycles. The third-order valence-electron chi connectivity index (χ3n) is 6.32. The molecule has 0 radical (unpaired) electrons. The zero-order chi connectivity index (χ0) is 23.5. The highest BCUT2D eigenvalue weighted by Crippen LogP contribution is 2.20. The van der Waals surface area contributed by atoms with Crippen molar-refractivity contribution in [1.29, 1.82) is 0 Å². The first-order chi connectivity index (χ1) is 16.1. The Morgan fingerprint density at radius 2 is 1.82 bits per heavy atom. The second-order valence-corrected chi connectivity index (χ2v) is 9.04. The molecule has 1 aliphatic carbocycles. The van der Waals surface area contributed by atoms with Gasteiger partial charge in [-0.25, -0.2) is 0 Å². The van der Waals surface area contributed by atoms with E-state index < -0.39 is 6.04 Å². The van der Waals surface area contributed by atoms with Crippen molar-refractivity contribution in [3.05, 3.63) is 65.7 Å². The normalized spacial score (nSPS) is 15.0. The highest BCUT2D eigenvalue weighted by atomic mass is 16.5. The van der Waals surface area contributed by atoms with Gasteiger partial charge in [0.05, 0.1) is 6.61 Å². The maximum atomic E-state index is 13.3. The lowest BCUT2D eigenvalue weighted by molar-refractivity contribution is -0.142. The molecule has 5 heteroatoms. The number of nitrogens with zero attached hydrogens (tertiary/aromatic N) is 1. The largest absolute Gasteiger partial charge is 0.494 e. The Morgan fingerprint density at radius 3 is 2.52 bits per heavy atom. The number of para-hydroxylation sites is 1. The molecule has 1 N–H and O–H groups in total. The number of benzene rings is 2. The Bertz CT molecular complexity index is 878. The number of hydrogen-bond donors (Lipinski definition) is 1. The van der Waals surface area contributed by atoms with Gasteiger partial charge in [-0.1, -0.05) is 74.2 Å². The minimum absolute atomic E-state index is 0.00110. The minimum atomic E-state index is -0.463. The highest BCUT2D eigenvalue weighted by molar-refractivity contribution is 5.87. The van der Waals surface area contributed by atoms with Crippen molar-refractivity contribution in [2.45, 2.75) is 83.8 Å². The van der Waals surface area contributed by atoms with Crippen molar-refractivity contribution in [2.75, 3.05) is 6.61 Å². The van der Waals surface area contributed by atoms with E-state index in [0.29, 0.717) is 32.4 Å². The molecule has 1 saturated carbocycles. The standard InChI is InChI=1S/C28H38N2O3/c1-3-26(28(32)29-24-14-6-4-7-15-24)30(21-23-13-10-12-22(2)20-23)27(31)18-11-19-33-25-16-8-5-9-17-25/h5,8-10,12-13,16-17,20,24,26H,3-4,6-7,11,14-15,18-19,21H2,1-2H3,(H,29,32)/t26-/m0/s1. The summed E-state index contributed by atoms with van der Waals surface area (Å²) < 4.78 is 5.75. The smallest absolute Gasteiger partial charge is 0.243 e. The molecule has 5 nitrogen and oxygen atoms in total. The van der Waals surface area contributed by atoms with Gasteiger partial charge in [-0.3, -0.25) is 9.59 Å². The summed E-state index contributed by atoms with van der Waals surface area (Å²) in [5, 5.41) is 3.23. The second-order valence-electron chi connectivity index (χ2n) is 9.04. The van der Waals surface area contributed by atoms with Crippen LogP contribution in [0.1, 0.15) is 69.4 Å². The topological polar surface area (TPSA) is 58.6 Å². The summed E-state index contributed by atoms with van der Waals surface area (Å²) in [4.78, 5) is 28.3. The summed E-state index contributed by atoms with van der Waals surface area (Å²) in [7, 11) is 0. The van der Waals surface area contributed by atoms with Crippen LogP contribution in [-0.2, 0) is 16.1 Å². The van der Waals surface area contributed by atoms with Crippen molar-refractivity contribution in [1.82, 2.24) is 10.2 Å². The molecule has 0 heterocycles. The van der Waals surface area contributed by atoms with Gasteiger partial charge in [0.1, 0.15) is 11.8 Å². The van der Waals surface area contributed by atoms with Gasteiger partial charge in [-0.15, -0.1) is 0 Å². The van der Waals surface area contributed by atoms with Gasteiger partial charge in [-0.2, -0.15) is 0 Å². The number of carbonyl (C=O) groups is 2. The van der Waals surface area contributed by atoms with Crippen molar-refractivity contribution in [3.8, 4) is 5.75 Å². The molecule has 178 valence electrons. The number of ether oxygens (including phenoxy) is 1. The summed E-state index contributed by atoms with van der Waals surface area (Å²) in [5.41, 5.74) is 2.20. The lowest BCUT2D eigenvalue weighted by Crippen LogP contribution is -2.51. The monoisotopic (exact) mass is 450 g/mol. The van der Waals surface area contributed by atoms with E-state index >= 15 is 0 Å². The van der Waals surface area contributed by atoms with Gasteiger partial charge in [0.15, 0.2) is 0 Å². The van der Waals surface area contributed by atoms with Gasteiger partial charge in [0.25, 0.3) is 0 Å². The summed E-state index contributed by atoms with van der Waals surface area (Å²) in [6, 6.07) is 17.6.